The van der Waals surface area contributed by atoms with Crippen molar-refractivity contribution in [1.29, 1.82) is 0 Å². The molecule has 0 aromatic rings. The number of carbonyl (C=O) groups is 1. The molecule has 0 aromatic carbocycles. The Morgan fingerprint density at radius 1 is 0.750 bits per heavy atom. The fourth-order valence-electron chi connectivity index (χ4n) is 4.50. The zero-order valence-electron chi connectivity index (χ0n) is 24.3. The average Bonchev–Trinajstić information content (AvgIpc) is 2.82. The van der Waals surface area contributed by atoms with Crippen molar-refractivity contribution in [2.24, 2.45) is 5.92 Å². The number of ketones is 1. The van der Waals surface area contributed by atoms with E-state index in [4.69, 9.17) is 9.05 Å². The van der Waals surface area contributed by atoms with Gasteiger partial charge in [-0.2, -0.15) is 0 Å². The summed E-state index contributed by atoms with van der Waals surface area (Å²) in [6, 6.07) is 0. The fourth-order valence-corrected chi connectivity index (χ4v) is 5.29. The Labute approximate surface area is 223 Å². The highest BCUT2D eigenvalue weighted by atomic mass is 31.2. The smallest absolute Gasteiger partial charge is 0.307 e. The number of phosphoric acid groups is 1. The summed E-state index contributed by atoms with van der Waals surface area (Å²) in [6.07, 6.45) is 24.0. The molecule has 0 aliphatic heterocycles. The average molecular weight is 534 g/mol. The lowest BCUT2D eigenvalue weighted by molar-refractivity contribution is -0.120. The van der Waals surface area contributed by atoms with Crippen molar-refractivity contribution >= 4 is 13.6 Å². The van der Waals surface area contributed by atoms with Crippen molar-refractivity contribution < 1.29 is 23.3 Å². The van der Waals surface area contributed by atoms with E-state index in [9.17, 15) is 14.3 Å². The molecule has 2 unspecified atom stereocenters. The van der Waals surface area contributed by atoms with Crippen molar-refractivity contribution in [3.8, 4) is 0 Å². The van der Waals surface area contributed by atoms with E-state index in [-0.39, 0.29) is 24.9 Å². The van der Waals surface area contributed by atoms with Gasteiger partial charge in [-0.1, -0.05) is 117 Å². The molecule has 2 atom stereocenters. The van der Waals surface area contributed by atoms with Crippen LogP contribution in [0.1, 0.15) is 142 Å². The van der Waals surface area contributed by atoms with Crippen LogP contribution < -0.4 is 0 Å². The Morgan fingerprint density at radius 3 is 1.67 bits per heavy atom. The van der Waals surface area contributed by atoms with Crippen LogP contribution in [0.5, 0.6) is 0 Å². The van der Waals surface area contributed by atoms with Gasteiger partial charge in [0.25, 0.3) is 0 Å². The van der Waals surface area contributed by atoms with Crippen LogP contribution in [0.3, 0.4) is 0 Å². The molecule has 0 aliphatic carbocycles. The normalized spacial score (nSPS) is 14.3. The van der Waals surface area contributed by atoms with Gasteiger partial charge in [0.05, 0.1) is 13.2 Å². The molecular weight excluding hydrogens is 473 g/mol. The quantitative estimate of drug-likeness (QED) is 0.0800. The van der Waals surface area contributed by atoms with E-state index in [0.29, 0.717) is 19.4 Å². The van der Waals surface area contributed by atoms with Crippen LogP contribution in [0.2, 0.25) is 0 Å². The van der Waals surface area contributed by atoms with E-state index in [1.807, 2.05) is 25.9 Å². The lowest BCUT2D eigenvalue weighted by Gasteiger charge is -2.19. The predicted molar refractivity (Wildman–Crippen MR) is 152 cm³/mol. The molecular formula is C29H60NO5P. The molecule has 0 bridgehead atoms. The van der Waals surface area contributed by atoms with E-state index < -0.39 is 7.82 Å². The molecule has 0 heterocycles. The van der Waals surface area contributed by atoms with Crippen LogP contribution in [0.4, 0.5) is 0 Å². The summed E-state index contributed by atoms with van der Waals surface area (Å²) in [5.41, 5.74) is 0. The molecule has 0 saturated heterocycles. The lowest BCUT2D eigenvalue weighted by Crippen LogP contribution is -2.18. The maximum atomic E-state index is 12.2. The van der Waals surface area contributed by atoms with E-state index in [1.165, 1.54) is 89.9 Å². The van der Waals surface area contributed by atoms with Gasteiger partial charge in [0.1, 0.15) is 5.78 Å². The molecule has 0 aromatic heterocycles. The zero-order chi connectivity index (χ0) is 26.9. The van der Waals surface area contributed by atoms with Crippen LogP contribution in [-0.4, -0.2) is 49.4 Å². The van der Waals surface area contributed by atoms with E-state index in [0.717, 1.165) is 25.7 Å². The van der Waals surface area contributed by atoms with Crippen molar-refractivity contribution in [1.82, 2.24) is 4.90 Å². The number of unbranched alkanes of at least 4 members (excludes halogenated alkanes) is 15. The standard InChI is InChI=1S/C29H60NO5P/c1-5-7-8-9-10-11-12-13-14-15-16-17-18-19-20-21-23-28(26-29(31)22-6-2)27-35-36(32,33)34-25-24-30(3)4/h28H,5-27H2,1-4H3,(H,32,33). The van der Waals surface area contributed by atoms with Gasteiger partial charge in [-0.15, -0.1) is 0 Å². The fraction of sp³-hybridized carbons (Fsp3) is 0.966. The summed E-state index contributed by atoms with van der Waals surface area (Å²) in [6.45, 7) is 5.06. The van der Waals surface area contributed by atoms with Gasteiger partial charge in [-0.3, -0.25) is 13.8 Å². The Bertz CT molecular complexity index is 544. The second-order valence-corrected chi connectivity index (χ2v) is 12.3. The number of rotatable bonds is 28. The first kappa shape index (κ1) is 35.7. The van der Waals surface area contributed by atoms with Crippen LogP contribution in [0, 0.1) is 5.92 Å². The molecule has 0 fully saturated rings. The second-order valence-electron chi connectivity index (χ2n) is 10.9. The Morgan fingerprint density at radius 2 is 1.22 bits per heavy atom. The molecule has 1 N–H and O–H groups in total. The van der Waals surface area contributed by atoms with Crippen molar-refractivity contribution in [3.05, 3.63) is 0 Å². The van der Waals surface area contributed by atoms with Crippen molar-refractivity contribution in [2.75, 3.05) is 33.9 Å². The molecule has 0 spiro atoms. The van der Waals surface area contributed by atoms with Gasteiger partial charge < -0.3 is 9.79 Å². The van der Waals surface area contributed by atoms with Crippen LogP contribution in [0.15, 0.2) is 0 Å². The third-order valence-corrected chi connectivity index (χ3v) is 7.76. The molecule has 6 nitrogen and oxygen atoms in total. The minimum Gasteiger partial charge on any atom is -0.307 e. The molecule has 7 heteroatoms. The third-order valence-electron chi connectivity index (χ3n) is 6.78. The molecule has 0 saturated carbocycles. The first-order chi connectivity index (χ1) is 17.3. The van der Waals surface area contributed by atoms with Crippen molar-refractivity contribution in [2.45, 2.75) is 142 Å². The van der Waals surface area contributed by atoms with E-state index in [2.05, 4.69) is 6.92 Å². The van der Waals surface area contributed by atoms with Crippen molar-refractivity contribution in [3.63, 3.8) is 0 Å². The molecule has 0 rings (SSSR count). The van der Waals surface area contributed by atoms with Crippen LogP contribution >= 0.6 is 7.82 Å². The highest BCUT2D eigenvalue weighted by Crippen LogP contribution is 2.43. The summed E-state index contributed by atoms with van der Waals surface area (Å²) in [5, 5.41) is 0. The maximum Gasteiger partial charge on any atom is 0.472 e. The summed E-state index contributed by atoms with van der Waals surface area (Å²) in [4.78, 5) is 24.0. The summed E-state index contributed by atoms with van der Waals surface area (Å²) < 4.78 is 22.4. The highest BCUT2D eigenvalue weighted by molar-refractivity contribution is 7.47. The number of hydrogen-bond acceptors (Lipinski definition) is 5. The molecule has 216 valence electrons. The molecule has 36 heavy (non-hydrogen) atoms. The van der Waals surface area contributed by atoms with Gasteiger partial charge in [0.15, 0.2) is 0 Å². The Hall–Kier alpha value is -0.260. The van der Waals surface area contributed by atoms with Gasteiger partial charge in [0, 0.05) is 19.4 Å². The lowest BCUT2D eigenvalue weighted by atomic mass is 9.94. The number of carbonyl (C=O) groups excluding carboxylic acids is 1. The SMILES string of the molecule is CCCCCCCCCCCCCCCCCCC(COP(=O)(O)OCCN(C)C)CC(=O)CCC. The van der Waals surface area contributed by atoms with Crippen LogP contribution in [-0.2, 0) is 18.4 Å². The minimum absolute atomic E-state index is 0.0198. The van der Waals surface area contributed by atoms with Crippen LogP contribution in [0.25, 0.3) is 0 Å². The summed E-state index contributed by atoms with van der Waals surface area (Å²) in [7, 11) is -0.326. The predicted octanol–water partition coefficient (Wildman–Crippen LogP) is 8.71. The first-order valence-electron chi connectivity index (χ1n) is 15.1. The number of nitrogens with zero attached hydrogens (tertiary/aromatic N) is 1. The largest absolute Gasteiger partial charge is 0.472 e. The van der Waals surface area contributed by atoms with Gasteiger partial charge in [-0.05, 0) is 32.9 Å². The first-order valence-corrected chi connectivity index (χ1v) is 16.6. The summed E-state index contributed by atoms with van der Waals surface area (Å²) >= 11 is 0. The highest BCUT2D eigenvalue weighted by Gasteiger charge is 2.24. The number of phosphoric ester groups is 1. The molecule has 0 aliphatic rings. The second kappa shape index (κ2) is 25.0. The van der Waals surface area contributed by atoms with E-state index in [1.54, 1.807) is 0 Å². The number of likely N-dealkylation sites (N-methyl/N-ethyl adjacent to an activating group) is 1. The number of hydrogen-bond donors (Lipinski definition) is 1. The maximum absolute atomic E-state index is 12.2. The minimum atomic E-state index is -4.08. The Kier molecular flexibility index (Phi) is 24.9. The Balaban J connectivity index is 3.90. The molecule has 0 radical (unpaired) electrons. The summed E-state index contributed by atoms with van der Waals surface area (Å²) in [5.74, 6) is 0.192. The number of Topliss-reactive ketones (excluding diaryl/α,β-unsaturated/α-hetero) is 1. The monoisotopic (exact) mass is 533 g/mol. The topological polar surface area (TPSA) is 76.1 Å². The van der Waals surface area contributed by atoms with Gasteiger partial charge in [0.2, 0.25) is 0 Å². The van der Waals surface area contributed by atoms with Gasteiger partial charge in [-0.25, -0.2) is 4.57 Å². The molecule has 0 amide bonds. The van der Waals surface area contributed by atoms with Gasteiger partial charge >= 0.3 is 7.82 Å². The van der Waals surface area contributed by atoms with E-state index >= 15 is 0 Å². The zero-order valence-corrected chi connectivity index (χ0v) is 25.2. The third kappa shape index (κ3) is 25.4.